The van der Waals surface area contributed by atoms with E-state index in [1.807, 2.05) is 26.2 Å². The predicted molar refractivity (Wildman–Crippen MR) is 95.9 cm³/mol. The van der Waals surface area contributed by atoms with Gasteiger partial charge in [-0.2, -0.15) is 0 Å². The maximum atomic E-state index is 13.9. The van der Waals surface area contributed by atoms with Crippen LogP contribution in [0.4, 0.5) is 10.1 Å². The molecule has 0 aliphatic carbocycles. The number of nitro groups is 1. The first-order valence-corrected chi connectivity index (χ1v) is 9.17. The standard InChI is InChI=1S/C14H9FN2O3S2.C2H6/c1-21-13-7-10-14(22-13)12(4-5-16-10)20-11-3-2-8(17(18)19)6-9(11)15;1-2/h2-7H,1H3;1-2H3. The summed E-state index contributed by atoms with van der Waals surface area (Å²) in [6.45, 7) is 4.00. The fourth-order valence-electron chi connectivity index (χ4n) is 1.88. The van der Waals surface area contributed by atoms with Crippen LogP contribution >= 0.6 is 23.1 Å². The first-order chi connectivity index (χ1) is 11.6. The second-order valence-corrected chi connectivity index (χ2v) is 6.43. The fraction of sp³-hybridized carbons (Fsp3) is 0.188. The normalized spacial score (nSPS) is 10.2. The number of nitro benzene ring substituents is 1. The van der Waals surface area contributed by atoms with Gasteiger partial charge in [0.1, 0.15) is 5.75 Å². The van der Waals surface area contributed by atoms with E-state index in [0.717, 1.165) is 20.5 Å². The summed E-state index contributed by atoms with van der Waals surface area (Å²) in [6, 6.07) is 6.88. The van der Waals surface area contributed by atoms with Crippen molar-refractivity contribution in [3.63, 3.8) is 0 Å². The van der Waals surface area contributed by atoms with Gasteiger partial charge in [0.05, 0.1) is 25.4 Å². The van der Waals surface area contributed by atoms with Crippen molar-refractivity contribution in [1.29, 1.82) is 0 Å². The van der Waals surface area contributed by atoms with E-state index in [1.165, 1.54) is 23.5 Å². The number of non-ortho nitro benzene ring substituents is 1. The Morgan fingerprint density at radius 3 is 2.62 bits per heavy atom. The number of thioether (sulfide) groups is 1. The lowest BCUT2D eigenvalue weighted by Crippen LogP contribution is -1.92. The number of aromatic nitrogens is 1. The Morgan fingerprint density at radius 2 is 2.00 bits per heavy atom. The van der Waals surface area contributed by atoms with Crippen molar-refractivity contribution < 1.29 is 14.1 Å². The van der Waals surface area contributed by atoms with Crippen molar-refractivity contribution in [3.8, 4) is 11.5 Å². The third-order valence-electron chi connectivity index (χ3n) is 2.90. The average Bonchev–Trinajstić information content (AvgIpc) is 3.02. The van der Waals surface area contributed by atoms with Gasteiger partial charge < -0.3 is 4.74 Å². The number of ether oxygens (including phenoxy) is 1. The van der Waals surface area contributed by atoms with Gasteiger partial charge in [-0.3, -0.25) is 15.1 Å². The Kier molecular flexibility index (Phi) is 6.10. The molecule has 1 aromatic carbocycles. The molecule has 0 aliphatic rings. The Balaban J connectivity index is 0.00000100. The zero-order valence-corrected chi connectivity index (χ0v) is 14.9. The summed E-state index contributed by atoms with van der Waals surface area (Å²) in [6.07, 6.45) is 3.54. The summed E-state index contributed by atoms with van der Waals surface area (Å²) < 4.78 is 21.4. The van der Waals surface area contributed by atoms with Crippen LogP contribution in [0.2, 0.25) is 0 Å². The first-order valence-electron chi connectivity index (χ1n) is 7.13. The third-order valence-corrected chi connectivity index (χ3v) is 5.10. The highest BCUT2D eigenvalue weighted by molar-refractivity contribution is 8.00. The second kappa shape index (κ2) is 8.07. The number of benzene rings is 1. The molecule has 0 amide bonds. The number of nitrogens with zero attached hydrogens (tertiary/aromatic N) is 2. The monoisotopic (exact) mass is 366 g/mol. The van der Waals surface area contributed by atoms with Crippen LogP contribution in [0.25, 0.3) is 10.2 Å². The number of hydrogen-bond donors (Lipinski definition) is 0. The molecule has 2 aromatic heterocycles. The smallest absolute Gasteiger partial charge is 0.272 e. The number of thiophene rings is 1. The molecule has 24 heavy (non-hydrogen) atoms. The molecule has 3 aromatic rings. The van der Waals surface area contributed by atoms with Crippen molar-refractivity contribution in [2.24, 2.45) is 0 Å². The molecule has 0 unspecified atom stereocenters. The molecule has 0 aliphatic heterocycles. The zero-order valence-electron chi connectivity index (χ0n) is 13.3. The highest BCUT2D eigenvalue weighted by Crippen LogP contribution is 2.38. The van der Waals surface area contributed by atoms with Crippen molar-refractivity contribution in [2.75, 3.05) is 6.26 Å². The topological polar surface area (TPSA) is 65.3 Å². The molecule has 5 nitrogen and oxygen atoms in total. The van der Waals surface area contributed by atoms with E-state index < -0.39 is 10.7 Å². The largest absolute Gasteiger partial charge is 0.453 e. The molecule has 0 bridgehead atoms. The van der Waals surface area contributed by atoms with E-state index in [1.54, 1.807) is 24.0 Å². The van der Waals surface area contributed by atoms with E-state index in [0.29, 0.717) is 5.75 Å². The lowest BCUT2D eigenvalue weighted by molar-refractivity contribution is -0.385. The minimum Gasteiger partial charge on any atom is -0.453 e. The number of rotatable bonds is 4. The van der Waals surface area contributed by atoms with E-state index in [4.69, 9.17) is 4.74 Å². The minimum absolute atomic E-state index is 0.0581. The first kappa shape index (κ1) is 18.2. The van der Waals surface area contributed by atoms with E-state index in [-0.39, 0.29) is 11.4 Å². The van der Waals surface area contributed by atoms with Crippen LogP contribution in [0.1, 0.15) is 13.8 Å². The average molecular weight is 366 g/mol. The lowest BCUT2D eigenvalue weighted by atomic mass is 10.3. The Bertz CT molecular complexity index is 868. The maximum absolute atomic E-state index is 13.9. The van der Waals surface area contributed by atoms with Crippen molar-refractivity contribution in [3.05, 3.63) is 52.5 Å². The predicted octanol–water partition coefficient (Wildman–Crippen LogP) is 5.88. The van der Waals surface area contributed by atoms with Gasteiger partial charge in [0.2, 0.25) is 0 Å². The van der Waals surface area contributed by atoms with Crippen LogP contribution in [0.15, 0.2) is 40.7 Å². The molecule has 0 N–H and O–H groups in total. The van der Waals surface area contributed by atoms with Crippen LogP contribution in [0.3, 0.4) is 0 Å². The van der Waals surface area contributed by atoms with Crippen molar-refractivity contribution in [1.82, 2.24) is 4.98 Å². The molecule has 2 heterocycles. The van der Waals surface area contributed by atoms with Crippen LogP contribution in [-0.2, 0) is 0 Å². The molecule has 0 saturated heterocycles. The van der Waals surface area contributed by atoms with Gasteiger partial charge >= 0.3 is 0 Å². The highest BCUT2D eigenvalue weighted by Gasteiger charge is 2.14. The molecular formula is C16H15FN2O3S2. The summed E-state index contributed by atoms with van der Waals surface area (Å²) in [5.41, 5.74) is 0.458. The van der Waals surface area contributed by atoms with Crippen LogP contribution in [-0.4, -0.2) is 16.2 Å². The van der Waals surface area contributed by atoms with Gasteiger partial charge in [-0.05, 0) is 18.4 Å². The van der Waals surface area contributed by atoms with Gasteiger partial charge in [-0.1, -0.05) is 13.8 Å². The summed E-state index contributed by atoms with van der Waals surface area (Å²) in [5, 5.41) is 10.6. The molecule has 0 spiro atoms. The summed E-state index contributed by atoms with van der Waals surface area (Å²) in [5.74, 6) is -0.360. The summed E-state index contributed by atoms with van der Waals surface area (Å²) in [7, 11) is 0. The third kappa shape index (κ3) is 3.82. The summed E-state index contributed by atoms with van der Waals surface area (Å²) in [4.78, 5) is 14.2. The number of hydrogen-bond acceptors (Lipinski definition) is 6. The van der Waals surface area contributed by atoms with Crippen LogP contribution in [0.5, 0.6) is 11.5 Å². The Labute approximate surface area is 146 Å². The fourth-order valence-corrected chi connectivity index (χ4v) is 3.49. The van der Waals surface area contributed by atoms with Gasteiger partial charge in [0.15, 0.2) is 11.6 Å². The Hall–Kier alpha value is -2.19. The molecule has 3 rings (SSSR count). The molecule has 0 saturated carbocycles. The van der Waals surface area contributed by atoms with E-state index in [2.05, 4.69) is 4.98 Å². The van der Waals surface area contributed by atoms with E-state index >= 15 is 0 Å². The SMILES string of the molecule is CC.CSc1cc2nccc(Oc3ccc([N+](=O)[O-])cc3F)c2s1. The van der Waals surface area contributed by atoms with Gasteiger partial charge in [0.25, 0.3) is 5.69 Å². The minimum atomic E-state index is -0.777. The second-order valence-electron chi connectivity index (χ2n) is 4.27. The highest BCUT2D eigenvalue weighted by atomic mass is 32.2. The van der Waals surface area contributed by atoms with Crippen LogP contribution < -0.4 is 4.74 Å². The van der Waals surface area contributed by atoms with Gasteiger partial charge in [0, 0.05) is 18.3 Å². The van der Waals surface area contributed by atoms with E-state index in [9.17, 15) is 14.5 Å². The molecule has 126 valence electrons. The number of halogens is 1. The lowest BCUT2D eigenvalue weighted by Gasteiger charge is -2.07. The molecular weight excluding hydrogens is 351 g/mol. The van der Waals surface area contributed by atoms with Crippen molar-refractivity contribution >= 4 is 39.0 Å². The number of fused-ring (bicyclic) bond motifs is 1. The number of pyridine rings is 1. The van der Waals surface area contributed by atoms with Gasteiger partial charge in [-0.15, -0.1) is 23.1 Å². The molecule has 8 heteroatoms. The quantitative estimate of drug-likeness (QED) is 0.327. The molecule has 0 radical (unpaired) electrons. The maximum Gasteiger partial charge on any atom is 0.272 e. The zero-order chi connectivity index (χ0) is 17.7. The molecule has 0 fully saturated rings. The molecule has 0 atom stereocenters. The summed E-state index contributed by atoms with van der Waals surface area (Å²) >= 11 is 3.09. The van der Waals surface area contributed by atoms with Crippen LogP contribution in [0, 0.1) is 15.9 Å². The van der Waals surface area contributed by atoms with Crippen molar-refractivity contribution in [2.45, 2.75) is 18.1 Å². The van der Waals surface area contributed by atoms with Gasteiger partial charge in [-0.25, -0.2) is 4.39 Å². The Morgan fingerprint density at radius 1 is 1.25 bits per heavy atom.